The van der Waals surface area contributed by atoms with E-state index in [1.54, 1.807) is 17.9 Å². The first-order valence-electron chi connectivity index (χ1n) is 7.84. The van der Waals surface area contributed by atoms with Crippen LogP contribution in [0.2, 0.25) is 5.15 Å². The van der Waals surface area contributed by atoms with Crippen molar-refractivity contribution in [1.82, 2.24) is 15.1 Å². The Morgan fingerprint density at radius 1 is 1.04 bits per heavy atom. The molecular weight excluding hydrogens is 322 g/mol. The zero-order chi connectivity index (χ0) is 16.9. The molecule has 0 unspecified atom stereocenters. The summed E-state index contributed by atoms with van der Waals surface area (Å²) in [6, 6.07) is 19.3. The molecule has 2 N–H and O–H groups in total. The van der Waals surface area contributed by atoms with Crippen molar-refractivity contribution in [2.45, 2.75) is 18.7 Å². The van der Waals surface area contributed by atoms with Crippen molar-refractivity contribution in [3.05, 3.63) is 88.7 Å². The van der Waals surface area contributed by atoms with Crippen molar-refractivity contribution in [2.24, 2.45) is 7.05 Å². The first kappa shape index (κ1) is 16.7. The van der Waals surface area contributed by atoms with Crippen LogP contribution in [0.5, 0.6) is 0 Å². The first-order chi connectivity index (χ1) is 11.7. The van der Waals surface area contributed by atoms with Gasteiger partial charge in [-0.2, -0.15) is 5.10 Å². The Bertz CT molecular complexity index is 774. The highest BCUT2D eigenvalue weighted by Crippen LogP contribution is 2.29. The molecule has 0 fully saturated rings. The SMILES string of the molecule is Cn1ncc(CN[C@H](c2ccccc2)[C@@H](O)c2ccccc2)c1Cl. The molecule has 0 amide bonds. The third-order valence-corrected chi connectivity index (χ3v) is 4.55. The minimum Gasteiger partial charge on any atom is -0.386 e. The molecule has 0 saturated carbocycles. The average Bonchev–Trinajstić information content (AvgIpc) is 2.95. The van der Waals surface area contributed by atoms with Gasteiger partial charge >= 0.3 is 0 Å². The predicted octanol–water partition coefficient (Wildman–Crippen LogP) is 3.64. The standard InChI is InChI=1S/C19H20ClN3O/c1-23-19(20)16(13-22-23)12-21-17(14-8-4-2-5-9-14)18(24)15-10-6-3-7-11-15/h2-11,13,17-18,21,24H,12H2,1H3/t17-,18+/m1/s1. The van der Waals surface area contributed by atoms with E-state index in [4.69, 9.17) is 11.6 Å². The average molecular weight is 342 g/mol. The van der Waals surface area contributed by atoms with Gasteiger partial charge in [0.05, 0.1) is 18.3 Å². The van der Waals surface area contributed by atoms with Crippen molar-refractivity contribution in [3.8, 4) is 0 Å². The van der Waals surface area contributed by atoms with E-state index >= 15 is 0 Å². The van der Waals surface area contributed by atoms with Crippen molar-refractivity contribution in [2.75, 3.05) is 0 Å². The summed E-state index contributed by atoms with van der Waals surface area (Å²) in [5, 5.41) is 19.0. The molecule has 2 aromatic carbocycles. The molecule has 5 heteroatoms. The summed E-state index contributed by atoms with van der Waals surface area (Å²) in [5.41, 5.74) is 2.80. The molecule has 0 saturated heterocycles. The highest BCUT2D eigenvalue weighted by molar-refractivity contribution is 6.30. The van der Waals surface area contributed by atoms with Crippen LogP contribution in [-0.2, 0) is 13.6 Å². The lowest BCUT2D eigenvalue weighted by Gasteiger charge is -2.25. The van der Waals surface area contributed by atoms with Crippen LogP contribution in [0, 0.1) is 0 Å². The van der Waals surface area contributed by atoms with Crippen LogP contribution in [0.4, 0.5) is 0 Å². The number of aliphatic hydroxyl groups excluding tert-OH is 1. The fourth-order valence-corrected chi connectivity index (χ4v) is 2.88. The molecule has 0 bridgehead atoms. The second kappa shape index (κ2) is 7.62. The Labute approximate surface area is 146 Å². The summed E-state index contributed by atoms with van der Waals surface area (Å²) >= 11 is 6.23. The fourth-order valence-electron chi connectivity index (χ4n) is 2.72. The Hall–Kier alpha value is -2.14. The van der Waals surface area contributed by atoms with Gasteiger partial charge in [-0.25, -0.2) is 0 Å². The van der Waals surface area contributed by atoms with Gasteiger partial charge in [-0.3, -0.25) is 4.68 Å². The number of benzene rings is 2. The van der Waals surface area contributed by atoms with Gasteiger partial charge < -0.3 is 10.4 Å². The maximum Gasteiger partial charge on any atom is 0.131 e. The van der Waals surface area contributed by atoms with Crippen LogP contribution < -0.4 is 5.32 Å². The molecule has 3 rings (SSSR count). The quantitative estimate of drug-likeness (QED) is 0.719. The third-order valence-electron chi connectivity index (χ3n) is 4.06. The second-order valence-electron chi connectivity index (χ2n) is 5.71. The Balaban J connectivity index is 1.84. The van der Waals surface area contributed by atoms with Gasteiger partial charge in [0.1, 0.15) is 5.15 Å². The number of nitrogens with zero attached hydrogens (tertiary/aromatic N) is 2. The van der Waals surface area contributed by atoms with Gasteiger partial charge in [-0.05, 0) is 11.1 Å². The number of hydrogen-bond acceptors (Lipinski definition) is 3. The topological polar surface area (TPSA) is 50.1 Å². The lowest BCUT2D eigenvalue weighted by Crippen LogP contribution is -2.27. The van der Waals surface area contributed by atoms with E-state index in [0.717, 1.165) is 16.7 Å². The van der Waals surface area contributed by atoms with E-state index in [0.29, 0.717) is 11.7 Å². The van der Waals surface area contributed by atoms with Crippen LogP contribution in [0.25, 0.3) is 0 Å². The van der Waals surface area contributed by atoms with E-state index < -0.39 is 6.10 Å². The minimum absolute atomic E-state index is 0.245. The highest BCUT2D eigenvalue weighted by Gasteiger charge is 2.22. The van der Waals surface area contributed by atoms with E-state index in [2.05, 4.69) is 10.4 Å². The molecule has 4 nitrogen and oxygen atoms in total. The molecule has 1 heterocycles. The van der Waals surface area contributed by atoms with Gasteiger partial charge in [-0.1, -0.05) is 72.3 Å². The lowest BCUT2D eigenvalue weighted by molar-refractivity contribution is 0.127. The summed E-state index contributed by atoms with van der Waals surface area (Å²) in [4.78, 5) is 0. The van der Waals surface area contributed by atoms with Crippen LogP contribution in [0.3, 0.4) is 0 Å². The van der Waals surface area contributed by atoms with E-state index in [9.17, 15) is 5.11 Å². The van der Waals surface area contributed by atoms with Crippen LogP contribution in [-0.4, -0.2) is 14.9 Å². The molecule has 0 spiro atoms. The maximum absolute atomic E-state index is 10.9. The number of aryl methyl sites for hydroxylation is 1. The normalized spacial score (nSPS) is 13.6. The molecule has 0 aliphatic carbocycles. The zero-order valence-corrected chi connectivity index (χ0v) is 14.2. The van der Waals surface area contributed by atoms with Crippen molar-refractivity contribution in [1.29, 1.82) is 0 Å². The number of hydrogen-bond donors (Lipinski definition) is 2. The molecule has 0 aliphatic heterocycles. The molecule has 2 atom stereocenters. The summed E-state index contributed by atoms with van der Waals surface area (Å²) in [7, 11) is 1.80. The Morgan fingerprint density at radius 2 is 1.62 bits per heavy atom. The molecule has 3 aromatic rings. The van der Waals surface area contributed by atoms with Crippen LogP contribution in [0.1, 0.15) is 28.8 Å². The largest absolute Gasteiger partial charge is 0.386 e. The van der Waals surface area contributed by atoms with Crippen molar-refractivity contribution in [3.63, 3.8) is 0 Å². The fraction of sp³-hybridized carbons (Fsp3) is 0.211. The Kier molecular flexibility index (Phi) is 5.30. The number of aromatic nitrogens is 2. The summed E-state index contributed by atoms with van der Waals surface area (Å²) in [5.74, 6) is 0. The molecule has 1 aromatic heterocycles. The highest BCUT2D eigenvalue weighted by atomic mass is 35.5. The monoisotopic (exact) mass is 341 g/mol. The van der Waals surface area contributed by atoms with Gasteiger partial charge in [0, 0.05) is 19.2 Å². The van der Waals surface area contributed by atoms with Gasteiger partial charge in [0.2, 0.25) is 0 Å². The molecule has 124 valence electrons. The minimum atomic E-state index is -0.663. The predicted molar refractivity (Wildman–Crippen MR) is 95.6 cm³/mol. The zero-order valence-electron chi connectivity index (χ0n) is 13.4. The van der Waals surface area contributed by atoms with Gasteiger partial charge in [0.25, 0.3) is 0 Å². The number of nitrogens with one attached hydrogen (secondary N) is 1. The Morgan fingerprint density at radius 3 is 2.17 bits per heavy atom. The van der Waals surface area contributed by atoms with E-state index in [1.165, 1.54) is 0 Å². The van der Waals surface area contributed by atoms with Gasteiger partial charge in [0.15, 0.2) is 0 Å². The summed E-state index contributed by atoms with van der Waals surface area (Å²) in [6.45, 7) is 0.524. The van der Waals surface area contributed by atoms with Gasteiger partial charge in [-0.15, -0.1) is 0 Å². The third kappa shape index (κ3) is 3.67. The maximum atomic E-state index is 10.9. The van der Waals surface area contributed by atoms with Crippen molar-refractivity contribution < 1.29 is 5.11 Å². The smallest absolute Gasteiger partial charge is 0.131 e. The summed E-state index contributed by atoms with van der Waals surface area (Å²) in [6.07, 6.45) is 1.08. The second-order valence-corrected chi connectivity index (χ2v) is 6.07. The summed E-state index contributed by atoms with van der Waals surface area (Å²) < 4.78 is 1.63. The lowest BCUT2D eigenvalue weighted by atomic mass is 9.95. The molecule has 0 radical (unpaired) electrons. The first-order valence-corrected chi connectivity index (χ1v) is 8.22. The number of halogens is 1. The van der Waals surface area contributed by atoms with Crippen LogP contribution >= 0.6 is 11.6 Å². The molecule has 0 aliphatic rings. The van der Waals surface area contributed by atoms with Crippen molar-refractivity contribution >= 4 is 11.6 Å². The van der Waals surface area contributed by atoms with Crippen LogP contribution in [0.15, 0.2) is 66.9 Å². The van der Waals surface area contributed by atoms with E-state index in [1.807, 2.05) is 60.7 Å². The molecule has 24 heavy (non-hydrogen) atoms. The molecular formula is C19H20ClN3O. The number of rotatable bonds is 6. The number of aliphatic hydroxyl groups is 1. The van der Waals surface area contributed by atoms with E-state index in [-0.39, 0.29) is 6.04 Å².